The van der Waals surface area contributed by atoms with Crippen molar-refractivity contribution in [2.75, 3.05) is 13.7 Å². The van der Waals surface area contributed by atoms with Crippen LogP contribution in [0.1, 0.15) is 18.2 Å². The van der Waals surface area contributed by atoms with Crippen LogP contribution in [0.15, 0.2) is 57.8 Å². The van der Waals surface area contributed by atoms with Crippen LogP contribution in [0.4, 0.5) is 0 Å². The zero-order valence-corrected chi connectivity index (χ0v) is 15.6. The number of ether oxygens (including phenoxy) is 1. The molecule has 0 aliphatic heterocycles. The Labute approximate surface area is 152 Å². The number of hydrogen-bond acceptors (Lipinski definition) is 5. The number of para-hydroxylation sites is 1. The first-order valence-corrected chi connectivity index (χ1v) is 9.57. The standard InChI is InChI=1S/C19H21NO5S/c1-13-10-15(8-9-16(13)24-3)26(22,23)20-12-19(2,21)18-11-14-6-4-5-7-17(14)25-18/h4-11,20-21H,12H2,1-3H3. The van der Waals surface area contributed by atoms with Crippen LogP contribution in [-0.4, -0.2) is 27.2 Å². The van der Waals surface area contributed by atoms with Gasteiger partial charge < -0.3 is 14.3 Å². The number of rotatable bonds is 6. The number of methoxy groups -OCH3 is 1. The largest absolute Gasteiger partial charge is 0.496 e. The van der Waals surface area contributed by atoms with Crippen molar-refractivity contribution in [3.05, 3.63) is 59.9 Å². The fraction of sp³-hybridized carbons (Fsp3) is 0.263. The van der Waals surface area contributed by atoms with Gasteiger partial charge in [0.05, 0.1) is 12.0 Å². The molecule has 3 aromatic rings. The van der Waals surface area contributed by atoms with Gasteiger partial charge in [0.25, 0.3) is 0 Å². The molecule has 0 aliphatic carbocycles. The molecule has 6 nitrogen and oxygen atoms in total. The number of sulfonamides is 1. The Balaban J connectivity index is 1.80. The number of furan rings is 1. The zero-order chi connectivity index (χ0) is 18.9. The highest BCUT2D eigenvalue weighted by Gasteiger charge is 2.30. The van der Waals surface area contributed by atoms with E-state index in [0.717, 1.165) is 5.39 Å². The first-order valence-electron chi connectivity index (χ1n) is 8.09. The maximum atomic E-state index is 12.5. The SMILES string of the molecule is COc1ccc(S(=O)(=O)NCC(C)(O)c2cc3ccccc3o2)cc1C. The van der Waals surface area contributed by atoms with Crippen molar-refractivity contribution in [3.63, 3.8) is 0 Å². The molecule has 0 radical (unpaired) electrons. The quantitative estimate of drug-likeness (QED) is 0.691. The monoisotopic (exact) mass is 375 g/mol. The van der Waals surface area contributed by atoms with Gasteiger partial charge in [0.2, 0.25) is 10.0 Å². The molecule has 2 aromatic carbocycles. The van der Waals surface area contributed by atoms with E-state index in [1.807, 2.05) is 18.2 Å². The lowest BCUT2D eigenvalue weighted by atomic mass is 10.0. The maximum absolute atomic E-state index is 12.5. The van der Waals surface area contributed by atoms with Gasteiger partial charge in [-0.1, -0.05) is 18.2 Å². The van der Waals surface area contributed by atoms with E-state index in [0.29, 0.717) is 22.7 Å². The predicted octanol–water partition coefficient (Wildman–Crippen LogP) is 2.94. The summed E-state index contributed by atoms with van der Waals surface area (Å²) in [6.07, 6.45) is 0. The molecule has 1 heterocycles. The summed E-state index contributed by atoms with van der Waals surface area (Å²) in [6.45, 7) is 3.05. The van der Waals surface area contributed by atoms with Gasteiger partial charge in [-0.3, -0.25) is 0 Å². The molecular weight excluding hydrogens is 354 g/mol. The van der Waals surface area contributed by atoms with E-state index in [1.54, 1.807) is 25.1 Å². The fourth-order valence-electron chi connectivity index (χ4n) is 2.67. The van der Waals surface area contributed by atoms with Crippen molar-refractivity contribution >= 4 is 21.0 Å². The molecule has 0 bridgehead atoms. The van der Waals surface area contributed by atoms with Crippen molar-refractivity contribution < 1.29 is 22.7 Å². The summed E-state index contributed by atoms with van der Waals surface area (Å²) in [7, 11) is -2.26. The Morgan fingerprint density at radius 2 is 1.92 bits per heavy atom. The van der Waals surface area contributed by atoms with E-state index in [-0.39, 0.29) is 11.4 Å². The van der Waals surface area contributed by atoms with Crippen LogP contribution in [0, 0.1) is 6.92 Å². The van der Waals surface area contributed by atoms with Crippen LogP contribution >= 0.6 is 0 Å². The van der Waals surface area contributed by atoms with Gasteiger partial charge in [0.1, 0.15) is 22.7 Å². The average molecular weight is 375 g/mol. The van der Waals surface area contributed by atoms with Crippen molar-refractivity contribution in [3.8, 4) is 5.75 Å². The van der Waals surface area contributed by atoms with Gasteiger partial charge in [0, 0.05) is 11.9 Å². The molecular formula is C19H21NO5S. The van der Waals surface area contributed by atoms with Crippen LogP contribution < -0.4 is 9.46 Å². The third-order valence-corrected chi connectivity index (χ3v) is 5.64. The summed E-state index contributed by atoms with van der Waals surface area (Å²) < 4.78 is 38.3. The van der Waals surface area contributed by atoms with E-state index < -0.39 is 15.6 Å². The molecule has 26 heavy (non-hydrogen) atoms. The second-order valence-corrected chi connectivity index (χ2v) is 8.15. The summed E-state index contributed by atoms with van der Waals surface area (Å²) in [5.41, 5.74) is -0.149. The van der Waals surface area contributed by atoms with E-state index in [1.165, 1.54) is 26.2 Å². The van der Waals surface area contributed by atoms with E-state index >= 15 is 0 Å². The fourth-order valence-corrected chi connectivity index (χ4v) is 3.89. The Morgan fingerprint density at radius 3 is 2.58 bits per heavy atom. The summed E-state index contributed by atoms with van der Waals surface area (Å²) in [5, 5.41) is 11.5. The third kappa shape index (κ3) is 3.60. The predicted molar refractivity (Wildman–Crippen MR) is 98.7 cm³/mol. The third-order valence-electron chi connectivity index (χ3n) is 4.24. The van der Waals surface area contributed by atoms with E-state index in [2.05, 4.69) is 4.72 Å². The molecule has 0 saturated heterocycles. The molecule has 2 N–H and O–H groups in total. The van der Waals surface area contributed by atoms with Gasteiger partial charge in [-0.2, -0.15) is 0 Å². The number of aryl methyl sites for hydroxylation is 1. The zero-order valence-electron chi connectivity index (χ0n) is 14.8. The van der Waals surface area contributed by atoms with Gasteiger partial charge >= 0.3 is 0 Å². The molecule has 7 heteroatoms. The van der Waals surface area contributed by atoms with Crippen LogP contribution in [0.5, 0.6) is 5.75 Å². The van der Waals surface area contributed by atoms with Gasteiger partial charge in [-0.25, -0.2) is 13.1 Å². The Hall–Kier alpha value is -2.35. The molecule has 0 saturated carbocycles. The molecule has 138 valence electrons. The van der Waals surface area contributed by atoms with Gasteiger partial charge in [-0.15, -0.1) is 0 Å². The van der Waals surface area contributed by atoms with Gasteiger partial charge in [0.15, 0.2) is 0 Å². The highest BCUT2D eigenvalue weighted by atomic mass is 32.2. The summed E-state index contributed by atoms with van der Waals surface area (Å²) in [6, 6.07) is 13.6. The van der Waals surface area contributed by atoms with E-state index in [4.69, 9.17) is 9.15 Å². The van der Waals surface area contributed by atoms with Crippen molar-refractivity contribution in [2.45, 2.75) is 24.3 Å². The van der Waals surface area contributed by atoms with Crippen LogP contribution in [0.2, 0.25) is 0 Å². The normalized spacial score (nSPS) is 14.3. The van der Waals surface area contributed by atoms with Crippen molar-refractivity contribution in [1.29, 1.82) is 0 Å². The molecule has 0 spiro atoms. The summed E-state index contributed by atoms with van der Waals surface area (Å²) in [4.78, 5) is 0.108. The summed E-state index contributed by atoms with van der Waals surface area (Å²) in [5.74, 6) is 0.908. The Bertz CT molecular complexity index is 1000. The minimum absolute atomic E-state index is 0.108. The number of fused-ring (bicyclic) bond motifs is 1. The lowest BCUT2D eigenvalue weighted by Crippen LogP contribution is -2.38. The van der Waals surface area contributed by atoms with Crippen LogP contribution in [0.25, 0.3) is 11.0 Å². The van der Waals surface area contributed by atoms with E-state index in [9.17, 15) is 13.5 Å². The molecule has 0 amide bonds. The summed E-state index contributed by atoms with van der Waals surface area (Å²) >= 11 is 0. The van der Waals surface area contributed by atoms with Gasteiger partial charge in [-0.05, 0) is 49.7 Å². The second kappa shape index (κ2) is 6.75. The number of benzene rings is 2. The highest BCUT2D eigenvalue weighted by molar-refractivity contribution is 7.89. The number of aliphatic hydroxyl groups is 1. The topological polar surface area (TPSA) is 88.8 Å². The molecule has 1 unspecified atom stereocenters. The van der Waals surface area contributed by atoms with Crippen molar-refractivity contribution in [1.82, 2.24) is 4.72 Å². The van der Waals surface area contributed by atoms with Crippen molar-refractivity contribution in [2.24, 2.45) is 0 Å². The average Bonchev–Trinajstić information content (AvgIpc) is 3.05. The number of nitrogens with one attached hydrogen (secondary N) is 1. The molecule has 1 aromatic heterocycles. The molecule has 1 atom stereocenters. The first-order chi connectivity index (χ1) is 12.2. The minimum atomic E-state index is -3.79. The highest BCUT2D eigenvalue weighted by Crippen LogP contribution is 2.28. The second-order valence-electron chi connectivity index (χ2n) is 6.38. The Morgan fingerprint density at radius 1 is 1.19 bits per heavy atom. The lowest BCUT2D eigenvalue weighted by molar-refractivity contribution is 0.0412. The lowest BCUT2D eigenvalue weighted by Gasteiger charge is -2.21. The Kier molecular flexibility index (Phi) is 4.79. The van der Waals surface area contributed by atoms with Crippen LogP contribution in [0.3, 0.4) is 0 Å². The molecule has 0 fully saturated rings. The van der Waals surface area contributed by atoms with Crippen LogP contribution in [-0.2, 0) is 15.6 Å². The molecule has 0 aliphatic rings. The number of hydrogen-bond donors (Lipinski definition) is 2. The smallest absolute Gasteiger partial charge is 0.240 e. The first kappa shape index (κ1) is 18.4. The minimum Gasteiger partial charge on any atom is -0.496 e. The maximum Gasteiger partial charge on any atom is 0.240 e. The molecule has 3 rings (SSSR count).